The predicted octanol–water partition coefficient (Wildman–Crippen LogP) is 2.77. The largest absolute Gasteiger partial charge is 0.388 e. The van der Waals surface area contributed by atoms with Crippen LogP contribution in [-0.4, -0.2) is 31.5 Å². The molecule has 0 spiro atoms. The maximum atomic E-state index is 12.0. The van der Waals surface area contributed by atoms with Gasteiger partial charge in [-0.25, -0.2) is 0 Å². The number of thioether (sulfide) groups is 1. The van der Waals surface area contributed by atoms with Crippen LogP contribution in [0.2, 0.25) is 0 Å². The molecule has 0 saturated heterocycles. The average Bonchev–Trinajstić information content (AvgIpc) is 2.36. The van der Waals surface area contributed by atoms with Crippen LogP contribution in [0.5, 0.6) is 0 Å². The fourth-order valence-corrected chi connectivity index (χ4v) is 2.48. The van der Waals surface area contributed by atoms with Crippen LogP contribution >= 0.6 is 11.8 Å². The smallest absolute Gasteiger partial charge is 0.251 e. The van der Waals surface area contributed by atoms with Crippen LogP contribution in [0.4, 0.5) is 5.69 Å². The third-order valence-electron chi connectivity index (χ3n) is 2.82. The molecule has 1 amide bonds. The SMILES string of the molecule is CNc1ccc(C(=O)NCC(C)CSC)cc1C. The molecule has 1 unspecified atom stereocenters. The first-order chi connectivity index (χ1) is 8.58. The van der Waals surface area contributed by atoms with Gasteiger partial charge in [-0.1, -0.05) is 6.92 Å². The molecule has 0 saturated carbocycles. The molecular formula is C14H22N2OS. The molecule has 0 aromatic heterocycles. The van der Waals surface area contributed by atoms with Crippen molar-refractivity contribution >= 4 is 23.4 Å². The summed E-state index contributed by atoms with van der Waals surface area (Å²) < 4.78 is 0. The van der Waals surface area contributed by atoms with Crippen molar-refractivity contribution in [2.75, 3.05) is 30.9 Å². The minimum absolute atomic E-state index is 0.00806. The molecule has 3 nitrogen and oxygen atoms in total. The standard InChI is InChI=1S/C14H22N2OS/c1-10(9-18-4)8-16-14(17)12-5-6-13(15-3)11(2)7-12/h5-7,10,15H,8-9H2,1-4H3,(H,16,17). The van der Waals surface area contributed by atoms with E-state index in [2.05, 4.69) is 23.8 Å². The van der Waals surface area contributed by atoms with E-state index in [9.17, 15) is 4.79 Å². The van der Waals surface area contributed by atoms with E-state index in [1.165, 1.54) is 0 Å². The van der Waals surface area contributed by atoms with Gasteiger partial charge in [0, 0.05) is 24.8 Å². The lowest BCUT2D eigenvalue weighted by Crippen LogP contribution is -2.29. The van der Waals surface area contributed by atoms with Gasteiger partial charge in [-0.15, -0.1) is 0 Å². The molecule has 0 aliphatic heterocycles. The fourth-order valence-electron chi connectivity index (χ4n) is 1.80. The van der Waals surface area contributed by atoms with Crippen LogP contribution in [0, 0.1) is 12.8 Å². The molecule has 1 aromatic carbocycles. The highest BCUT2D eigenvalue weighted by atomic mass is 32.2. The van der Waals surface area contributed by atoms with Crippen molar-refractivity contribution in [1.29, 1.82) is 0 Å². The van der Waals surface area contributed by atoms with E-state index in [0.717, 1.165) is 29.1 Å². The minimum Gasteiger partial charge on any atom is -0.388 e. The second-order valence-electron chi connectivity index (χ2n) is 4.55. The third kappa shape index (κ3) is 4.26. The van der Waals surface area contributed by atoms with Crippen molar-refractivity contribution in [2.24, 2.45) is 5.92 Å². The maximum absolute atomic E-state index is 12.0. The lowest BCUT2D eigenvalue weighted by Gasteiger charge is -2.12. The van der Waals surface area contributed by atoms with Gasteiger partial charge in [0.05, 0.1) is 0 Å². The molecule has 1 rings (SSSR count). The van der Waals surface area contributed by atoms with E-state index in [-0.39, 0.29) is 5.91 Å². The number of rotatable bonds is 6. The van der Waals surface area contributed by atoms with E-state index in [0.29, 0.717) is 5.92 Å². The second-order valence-corrected chi connectivity index (χ2v) is 5.46. The van der Waals surface area contributed by atoms with Gasteiger partial charge in [0.25, 0.3) is 5.91 Å². The van der Waals surface area contributed by atoms with Gasteiger partial charge in [-0.05, 0) is 48.6 Å². The maximum Gasteiger partial charge on any atom is 0.251 e. The normalized spacial score (nSPS) is 12.0. The van der Waals surface area contributed by atoms with Gasteiger partial charge >= 0.3 is 0 Å². The Kier molecular flexibility index (Phi) is 6.05. The molecule has 0 fully saturated rings. The first-order valence-electron chi connectivity index (χ1n) is 6.14. The van der Waals surface area contributed by atoms with Crippen LogP contribution < -0.4 is 10.6 Å². The number of carbonyl (C=O) groups excluding carboxylic acids is 1. The average molecular weight is 266 g/mol. The van der Waals surface area contributed by atoms with E-state index in [4.69, 9.17) is 0 Å². The van der Waals surface area contributed by atoms with E-state index in [1.807, 2.05) is 32.2 Å². The van der Waals surface area contributed by atoms with E-state index in [1.54, 1.807) is 11.8 Å². The van der Waals surface area contributed by atoms with Crippen molar-refractivity contribution in [3.63, 3.8) is 0 Å². The summed E-state index contributed by atoms with van der Waals surface area (Å²) in [7, 11) is 1.88. The first-order valence-corrected chi connectivity index (χ1v) is 7.53. The quantitative estimate of drug-likeness (QED) is 0.832. The molecule has 1 aromatic rings. The topological polar surface area (TPSA) is 41.1 Å². The lowest BCUT2D eigenvalue weighted by molar-refractivity contribution is 0.0949. The van der Waals surface area contributed by atoms with Gasteiger partial charge in [0.2, 0.25) is 0 Å². The van der Waals surface area contributed by atoms with Crippen LogP contribution in [0.3, 0.4) is 0 Å². The number of hydrogen-bond donors (Lipinski definition) is 2. The first kappa shape index (κ1) is 14.9. The molecule has 0 radical (unpaired) electrons. The van der Waals surface area contributed by atoms with Crippen LogP contribution in [-0.2, 0) is 0 Å². The van der Waals surface area contributed by atoms with Crippen LogP contribution in [0.25, 0.3) is 0 Å². The number of benzene rings is 1. The van der Waals surface area contributed by atoms with Gasteiger partial charge < -0.3 is 10.6 Å². The molecule has 0 aliphatic carbocycles. The Bertz CT molecular complexity index is 407. The number of anilines is 1. The van der Waals surface area contributed by atoms with Gasteiger partial charge in [0.15, 0.2) is 0 Å². The Morgan fingerprint density at radius 2 is 2.17 bits per heavy atom. The van der Waals surface area contributed by atoms with Crippen molar-refractivity contribution in [2.45, 2.75) is 13.8 Å². The van der Waals surface area contributed by atoms with Crippen LogP contribution in [0.1, 0.15) is 22.8 Å². The molecule has 0 aliphatic rings. The molecule has 4 heteroatoms. The minimum atomic E-state index is 0.00806. The zero-order valence-corrected chi connectivity index (χ0v) is 12.4. The summed E-state index contributed by atoms with van der Waals surface area (Å²) in [5, 5.41) is 6.07. The van der Waals surface area contributed by atoms with Gasteiger partial charge in [0.1, 0.15) is 0 Å². The second kappa shape index (κ2) is 7.31. The molecule has 1 atom stereocenters. The number of hydrogen-bond acceptors (Lipinski definition) is 3. The van der Waals surface area contributed by atoms with Crippen LogP contribution in [0.15, 0.2) is 18.2 Å². The monoisotopic (exact) mass is 266 g/mol. The van der Waals surface area contributed by atoms with Crippen molar-refractivity contribution in [1.82, 2.24) is 5.32 Å². The number of amides is 1. The van der Waals surface area contributed by atoms with Crippen molar-refractivity contribution in [3.05, 3.63) is 29.3 Å². The summed E-state index contributed by atoms with van der Waals surface area (Å²) in [6.07, 6.45) is 2.08. The molecule has 18 heavy (non-hydrogen) atoms. The van der Waals surface area contributed by atoms with Gasteiger partial charge in [-0.3, -0.25) is 4.79 Å². The zero-order chi connectivity index (χ0) is 13.5. The highest BCUT2D eigenvalue weighted by Crippen LogP contribution is 2.15. The Balaban J connectivity index is 2.59. The molecule has 100 valence electrons. The number of carbonyl (C=O) groups is 1. The Morgan fingerprint density at radius 3 is 2.72 bits per heavy atom. The zero-order valence-electron chi connectivity index (χ0n) is 11.5. The summed E-state index contributed by atoms with van der Waals surface area (Å²) in [5.74, 6) is 1.58. The summed E-state index contributed by atoms with van der Waals surface area (Å²) in [4.78, 5) is 12.0. The summed E-state index contributed by atoms with van der Waals surface area (Å²) >= 11 is 1.81. The Labute approximate surface area is 114 Å². The summed E-state index contributed by atoms with van der Waals surface area (Å²) in [6.45, 7) is 4.87. The summed E-state index contributed by atoms with van der Waals surface area (Å²) in [6, 6.07) is 5.71. The predicted molar refractivity (Wildman–Crippen MR) is 80.6 cm³/mol. The molecule has 0 heterocycles. The van der Waals surface area contributed by atoms with Gasteiger partial charge in [-0.2, -0.15) is 11.8 Å². The van der Waals surface area contributed by atoms with E-state index < -0.39 is 0 Å². The van der Waals surface area contributed by atoms with Crippen molar-refractivity contribution in [3.8, 4) is 0 Å². The van der Waals surface area contributed by atoms with E-state index >= 15 is 0 Å². The highest BCUT2D eigenvalue weighted by Gasteiger charge is 2.08. The van der Waals surface area contributed by atoms with Crippen molar-refractivity contribution < 1.29 is 4.79 Å². The lowest BCUT2D eigenvalue weighted by atomic mass is 10.1. The third-order valence-corrected chi connectivity index (χ3v) is 3.72. The number of aryl methyl sites for hydroxylation is 1. The number of nitrogens with one attached hydrogen (secondary N) is 2. The molecular weight excluding hydrogens is 244 g/mol. The Hall–Kier alpha value is -1.16. The summed E-state index contributed by atoms with van der Waals surface area (Å²) in [5.41, 5.74) is 2.87. The fraction of sp³-hybridized carbons (Fsp3) is 0.500. The Morgan fingerprint density at radius 1 is 1.44 bits per heavy atom. The molecule has 2 N–H and O–H groups in total. The molecule has 0 bridgehead atoms. The highest BCUT2D eigenvalue weighted by molar-refractivity contribution is 7.98.